The van der Waals surface area contributed by atoms with Gasteiger partial charge >= 0.3 is 0 Å². The van der Waals surface area contributed by atoms with Gasteiger partial charge in [-0.15, -0.1) is 0 Å². The molecule has 0 saturated heterocycles. The fourth-order valence-electron chi connectivity index (χ4n) is 1.86. The lowest BCUT2D eigenvalue weighted by Gasteiger charge is -2.16. The summed E-state index contributed by atoms with van der Waals surface area (Å²) in [6.45, 7) is 1.42. The van der Waals surface area contributed by atoms with Gasteiger partial charge in [0.2, 0.25) is 0 Å². The molecule has 0 saturated carbocycles. The zero-order chi connectivity index (χ0) is 12.7. The summed E-state index contributed by atoms with van der Waals surface area (Å²) in [5, 5.41) is 3.13. The lowest BCUT2D eigenvalue weighted by Crippen LogP contribution is -2.12. The molecule has 17 heavy (non-hydrogen) atoms. The molecule has 4 heteroatoms. The largest absolute Gasteiger partial charge is 0.496 e. The van der Waals surface area contributed by atoms with E-state index in [-0.39, 0.29) is 0 Å². The minimum atomic E-state index is 0.541. The van der Waals surface area contributed by atoms with E-state index in [1.807, 2.05) is 19.2 Å². The van der Waals surface area contributed by atoms with Gasteiger partial charge in [-0.05, 0) is 32.1 Å². The third-order valence-electron chi connectivity index (χ3n) is 2.65. The van der Waals surface area contributed by atoms with Crippen LogP contribution in [-0.4, -0.2) is 34.9 Å². The van der Waals surface area contributed by atoms with Crippen LogP contribution in [0.4, 0.5) is 0 Å². The van der Waals surface area contributed by atoms with Crippen LogP contribution in [0.3, 0.4) is 0 Å². The molecule has 0 atom stereocenters. The third kappa shape index (κ3) is 3.35. The fraction of sp³-hybridized carbons (Fsp3) is 0.538. The van der Waals surface area contributed by atoms with Gasteiger partial charge in [-0.1, -0.05) is 0 Å². The second kappa shape index (κ2) is 7.14. The normalized spacial score (nSPS) is 10.4. The molecular formula is C13H21NO3. The highest BCUT2D eigenvalue weighted by atomic mass is 16.5. The van der Waals surface area contributed by atoms with Crippen LogP contribution in [-0.2, 0) is 17.8 Å². The molecule has 0 fully saturated rings. The van der Waals surface area contributed by atoms with E-state index in [0.29, 0.717) is 6.61 Å². The SMILES string of the molecule is CNCCc1c(OC)ccc(COC)c1OC. The summed E-state index contributed by atoms with van der Waals surface area (Å²) in [5.74, 6) is 1.72. The molecule has 0 aliphatic rings. The number of hydrogen-bond acceptors (Lipinski definition) is 4. The van der Waals surface area contributed by atoms with Gasteiger partial charge in [0.1, 0.15) is 11.5 Å². The summed E-state index contributed by atoms with van der Waals surface area (Å²) < 4.78 is 16.0. The molecule has 0 heterocycles. The predicted octanol–water partition coefficient (Wildman–Crippen LogP) is 1.61. The molecule has 4 nitrogen and oxygen atoms in total. The van der Waals surface area contributed by atoms with E-state index in [1.165, 1.54) is 0 Å². The molecule has 1 rings (SSSR count). The van der Waals surface area contributed by atoms with Crippen molar-refractivity contribution in [2.75, 3.05) is 34.9 Å². The summed E-state index contributed by atoms with van der Waals surface area (Å²) in [6, 6.07) is 3.94. The lowest BCUT2D eigenvalue weighted by atomic mass is 10.0. The quantitative estimate of drug-likeness (QED) is 0.784. The first-order chi connectivity index (χ1) is 8.28. The van der Waals surface area contributed by atoms with Gasteiger partial charge in [0.05, 0.1) is 20.8 Å². The van der Waals surface area contributed by atoms with Crippen LogP contribution in [0.25, 0.3) is 0 Å². The van der Waals surface area contributed by atoms with Crippen LogP contribution in [0, 0.1) is 0 Å². The number of methoxy groups -OCH3 is 3. The summed E-state index contributed by atoms with van der Waals surface area (Å²) >= 11 is 0. The van der Waals surface area contributed by atoms with Crippen molar-refractivity contribution in [3.8, 4) is 11.5 Å². The minimum absolute atomic E-state index is 0.541. The molecule has 0 radical (unpaired) electrons. The molecule has 0 bridgehead atoms. The molecule has 0 unspecified atom stereocenters. The highest BCUT2D eigenvalue weighted by Crippen LogP contribution is 2.32. The molecule has 0 spiro atoms. The highest BCUT2D eigenvalue weighted by molar-refractivity contribution is 5.50. The van der Waals surface area contributed by atoms with E-state index in [0.717, 1.165) is 35.6 Å². The lowest BCUT2D eigenvalue weighted by molar-refractivity contribution is 0.181. The van der Waals surface area contributed by atoms with Gasteiger partial charge in [-0.3, -0.25) is 0 Å². The average molecular weight is 239 g/mol. The minimum Gasteiger partial charge on any atom is -0.496 e. The summed E-state index contributed by atoms with van der Waals surface area (Å²) in [5.41, 5.74) is 2.13. The zero-order valence-corrected chi connectivity index (χ0v) is 11.0. The van der Waals surface area contributed by atoms with E-state index in [9.17, 15) is 0 Å². The third-order valence-corrected chi connectivity index (χ3v) is 2.65. The topological polar surface area (TPSA) is 39.7 Å². The van der Waals surface area contributed by atoms with Gasteiger partial charge in [-0.25, -0.2) is 0 Å². The maximum absolute atomic E-state index is 5.48. The van der Waals surface area contributed by atoms with Crippen LogP contribution in [0.2, 0.25) is 0 Å². The van der Waals surface area contributed by atoms with Crippen molar-refractivity contribution in [3.63, 3.8) is 0 Å². The van der Waals surface area contributed by atoms with E-state index in [1.54, 1.807) is 21.3 Å². The first kappa shape index (κ1) is 13.8. The first-order valence-corrected chi connectivity index (χ1v) is 5.64. The van der Waals surface area contributed by atoms with Crippen molar-refractivity contribution in [2.24, 2.45) is 0 Å². The van der Waals surface area contributed by atoms with E-state index < -0.39 is 0 Å². The second-order valence-electron chi connectivity index (χ2n) is 3.73. The molecule has 1 aromatic rings. The maximum Gasteiger partial charge on any atom is 0.131 e. The Balaban J connectivity index is 3.12. The molecule has 0 aliphatic heterocycles. The number of likely N-dealkylation sites (N-methyl/N-ethyl adjacent to an activating group) is 1. The summed E-state index contributed by atoms with van der Waals surface area (Å²) in [6.07, 6.45) is 0.862. The van der Waals surface area contributed by atoms with Gasteiger partial charge < -0.3 is 19.5 Å². The zero-order valence-electron chi connectivity index (χ0n) is 11.0. The van der Waals surface area contributed by atoms with Gasteiger partial charge in [0, 0.05) is 18.2 Å². The molecule has 0 aromatic heterocycles. The molecule has 1 N–H and O–H groups in total. The van der Waals surface area contributed by atoms with Crippen LogP contribution in [0.5, 0.6) is 11.5 Å². The maximum atomic E-state index is 5.48. The van der Waals surface area contributed by atoms with Crippen molar-refractivity contribution in [1.29, 1.82) is 0 Å². The van der Waals surface area contributed by atoms with Crippen molar-refractivity contribution in [2.45, 2.75) is 13.0 Å². The van der Waals surface area contributed by atoms with Crippen molar-refractivity contribution < 1.29 is 14.2 Å². The second-order valence-corrected chi connectivity index (χ2v) is 3.73. The first-order valence-electron chi connectivity index (χ1n) is 5.64. The number of benzene rings is 1. The molecule has 1 aromatic carbocycles. The Kier molecular flexibility index (Phi) is 5.80. The number of ether oxygens (including phenoxy) is 3. The highest BCUT2D eigenvalue weighted by Gasteiger charge is 2.14. The van der Waals surface area contributed by atoms with E-state index in [4.69, 9.17) is 14.2 Å². The Bertz CT molecular complexity index is 353. The Morgan fingerprint density at radius 1 is 1.12 bits per heavy atom. The molecule has 96 valence electrons. The number of rotatable bonds is 7. The van der Waals surface area contributed by atoms with E-state index >= 15 is 0 Å². The number of hydrogen-bond donors (Lipinski definition) is 1. The smallest absolute Gasteiger partial charge is 0.131 e. The molecular weight excluding hydrogens is 218 g/mol. The van der Waals surface area contributed by atoms with Gasteiger partial charge in [0.25, 0.3) is 0 Å². The van der Waals surface area contributed by atoms with Crippen molar-refractivity contribution in [1.82, 2.24) is 5.32 Å². The monoisotopic (exact) mass is 239 g/mol. The standard InChI is InChI=1S/C13H21NO3/c1-14-8-7-11-12(16-3)6-5-10(9-15-2)13(11)17-4/h5-6,14H,7-9H2,1-4H3. The van der Waals surface area contributed by atoms with Crippen molar-refractivity contribution in [3.05, 3.63) is 23.3 Å². The van der Waals surface area contributed by atoms with Crippen LogP contribution in [0.15, 0.2) is 12.1 Å². The Hall–Kier alpha value is -1.26. The van der Waals surface area contributed by atoms with Crippen LogP contribution in [0.1, 0.15) is 11.1 Å². The summed E-state index contributed by atoms with van der Waals surface area (Å²) in [4.78, 5) is 0. The molecule has 0 aliphatic carbocycles. The van der Waals surface area contributed by atoms with Crippen LogP contribution >= 0.6 is 0 Å². The molecule has 0 amide bonds. The Labute approximate surface area is 103 Å². The average Bonchev–Trinajstić information content (AvgIpc) is 2.36. The number of nitrogens with one attached hydrogen (secondary N) is 1. The van der Waals surface area contributed by atoms with E-state index in [2.05, 4.69) is 5.32 Å². The van der Waals surface area contributed by atoms with Gasteiger partial charge in [-0.2, -0.15) is 0 Å². The Morgan fingerprint density at radius 3 is 2.41 bits per heavy atom. The predicted molar refractivity (Wildman–Crippen MR) is 67.9 cm³/mol. The van der Waals surface area contributed by atoms with Crippen LogP contribution < -0.4 is 14.8 Å². The summed E-state index contributed by atoms with van der Waals surface area (Å²) in [7, 11) is 6.96. The fourth-order valence-corrected chi connectivity index (χ4v) is 1.86. The van der Waals surface area contributed by atoms with Crippen molar-refractivity contribution >= 4 is 0 Å². The van der Waals surface area contributed by atoms with Gasteiger partial charge in [0.15, 0.2) is 0 Å². The Morgan fingerprint density at radius 2 is 1.88 bits per heavy atom.